The summed E-state index contributed by atoms with van der Waals surface area (Å²) in [5.74, 6) is 0. The van der Waals surface area contributed by atoms with Gasteiger partial charge in [-0.2, -0.15) is 0 Å². The van der Waals surface area contributed by atoms with Crippen molar-refractivity contribution < 1.29 is 4.79 Å². The van der Waals surface area contributed by atoms with Gasteiger partial charge in [-0.15, -0.1) is 0 Å². The van der Waals surface area contributed by atoms with Gasteiger partial charge in [0.1, 0.15) is 0 Å². The molecule has 1 N–H and O–H groups in total. The molecule has 0 aliphatic rings. The topological polar surface area (TPSA) is 42.0 Å². The first-order valence-corrected chi connectivity index (χ1v) is 3.49. The van der Waals surface area contributed by atoms with Crippen LogP contribution >= 0.6 is 11.6 Å². The molecule has 0 unspecified atom stereocenters. The van der Waals surface area contributed by atoms with Crippen LogP contribution < -0.4 is 5.32 Å². The second-order valence-electron chi connectivity index (χ2n) is 1.98. The van der Waals surface area contributed by atoms with Crippen LogP contribution in [-0.4, -0.2) is 10.4 Å². The molecule has 1 amide bonds. The third-order valence-electron chi connectivity index (χ3n) is 1.18. The lowest BCUT2D eigenvalue weighted by molar-refractivity contribution is 0.259. The fourth-order valence-corrected chi connectivity index (χ4v) is 0.739. The van der Waals surface area contributed by atoms with Crippen LogP contribution in [0.2, 0.25) is 0 Å². The van der Waals surface area contributed by atoms with Gasteiger partial charge in [-0.3, -0.25) is 9.78 Å². The van der Waals surface area contributed by atoms with Crippen LogP contribution in [0.4, 0.5) is 4.79 Å². The highest BCUT2D eigenvalue weighted by Crippen LogP contribution is 1.94. The molecule has 0 saturated carbocycles. The quantitative estimate of drug-likeness (QED) is 0.540. The standard InChI is InChI=1S/C7H7ClN2O/c8-7(11)10-5-6-1-3-9-4-2-6/h1-4H,5H2,(H,10,11). The maximum absolute atomic E-state index is 10.3. The fraction of sp³-hybridized carbons (Fsp3) is 0.143. The molecule has 1 heterocycles. The van der Waals surface area contributed by atoms with Crippen molar-refractivity contribution in [1.29, 1.82) is 0 Å². The third kappa shape index (κ3) is 3.00. The molecule has 0 saturated heterocycles. The molecule has 11 heavy (non-hydrogen) atoms. The summed E-state index contributed by atoms with van der Waals surface area (Å²) in [6.45, 7) is 0.449. The molecule has 0 aliphatic carbocycles. The van der Waals surface area contributed by atoms with E-state index < -0.39 is 5.37 Å². The summed E-state index contributed by atoms with van der Waals surface area (Å²) in [5.41, 5.74) is 0.981. The van der Waals surface area contributed by atoms with Crippen molar-refractivity contribution in [2.45, 2.75) is 6.54 Å². The van der Waals surface area contributed by atoms with E-state index in [9.17, 15) is 4.79 Å². The van der Waals surface area contributed by atoms with Crippen molar-refractivity contribution in [1.82, 2.24) is 10.3 Å². The highest BCUT2D eigenvalue weighted by atomic mass is 35.5. The van der Waals surface area contributed by atoms with Crippen LogP contribution in [0.15, 0.2) is 24.5 Å². The van der Waals surface area contributed by atoms with E-state index in [1.807, 2.05) is 12.1 Å². The number of rotatable bonds is 2. The zero-order valence-corrected chi connectivity index (χ0v) is 6.51. The number of aromatic nitrogens is 1. The Balaban J connectivity index is 2.45. The Morgan fingerprint density at radius 3 is 2.73 bits per heavy atom. The first-order chi connectivity index (χ1) is 5.29. The highest BCUT2D eigenvalue weighted by Gasteiger charge is 1.93. The number of amides is 1. The lowest BCUT2D eigenvalue weighted by Crippen LogP contribution is -2.15. The summed E-state index contributed by atoms with van der Waals surface area (Å²) in [4.78, 5) is 14.1. The Kier molecular flexibility index (Phi) is 2.86. The predicted octanol–water partition coefficient (Wildman–Crippen LogP) is 1.53. The van der Waals surface area contributed by atoms with Crippen molar-refractivity contribution in [2.24, 2.45) is 0 Å². The van der Waals surface area contributed by atoms with E-state index in [4.69, 9.17) is 11.6 Å². The molecule has 0 bridgehead atoms. The lowest BCUT2D eigenvalue weighted by Gasteiger charge is -1.98. The molecule has 1 aromatic rings. The van der Waals surface area contributed by atoms with Crippen molar-refractivity contribution in [2.75, 3.05) is 0 Å². The van der Waals surface area contributed by atoms with E-state index in [1.54, 1.807) is 12.4 Å². The highest BCUT2D eigenvalue weighted by molar-refractivity contribution is 6.62. The van der Waals surface area contributed by atoms with Gasteiger partial charge in [0.2, 0.25) is 0 Å². The zero-order valence-electron chi connectivity index (χ0n) is 5.75. The summed E-state index contributed by atoms with van der Waals surface area (Å²) in [6.07, 6.45) is 3.32. The maximum atomic E-state index is 10.3. The minimum absolute atomic E-state index is 0.449. The Hall–Kier alpha value is -1.09. The van der Waals surface area contributed by atoms with Gasteiger partial charge in [0.25, 0.3) is 0 Å². The Bertz CT molecular complexity index is 237. The number of carbonyl (C=O) groups is 1. The van der Waals surface area contributed by atoms with Crippen molar-refractivity contribution in [3.8, 4) is 0 Å². The molecule has 0 atom stereocenters. The second-order valence-corrected chi connectivity index (χ2v) is 2.33. The molecule has 0 aromatic carbocycles. The molecular formula is C7H7ClN2O. The third-order valence-corrected chi connectivity index (χ3v) is 1.31. The smallest absolute Gasteiger partial charge is 0.314 e. The molecule has 1 aromatic heterocycles. The minimum Gasteiger partial charge on any atom is -0.339 e. The van der Waals surface area contributed by atoms with Gasteiger partial charge in [-0.1, -0.05) is 0 Å². The van der Waals surface area contributed by atoms with Crippen molar-refractivity contribution >= 4 is 17.0 Å². The number of nitrogens with zero attached hydrogens (tertiary/aromatic N) is 1. The molecule has 4 heteroatoms. The second kappa shape index (κ2) is 3.93. The number of halogens is 1. The van der Waals surface area contributed by atoms with Crippen LogP contribution in [0.1, 0.15) is 5.56 Å². The van der Waals surface area contributed by atoms with Gasteiger partial charge in [-0.05, 0) is 29.3 Å². The van der Waals surface area contributed by atoms with E-state index in [0.29, 0.717) is 6.54 Å². The molecule has 0 spiro atoms. The van der Waals surface area contributed by atoms with E-state index in [1.165, 1.54) is 0 Å². The van der Waals surface area contributed by atoms with E-state index in [-0.39, 0.29) is 0 Å². The van der Waals surface area contributed by atoms with Gasteiger partial charge >= 0.3 is 5.37 Å². The van der Waals surface area contributed by atoms with Crippen LogP contribution in [0.3, 0.4) is 0 Å². The van der Waals surface area contributed by atoms with E-state index in [0.717, 1.165) is 5.56 Å². The number of carbonyl (C=O) groups excluding carboxylic acids is 1. The Labute approximate surface area is 69.4 Å². The summed E-state index contributed by atoms with van der Waals surface area (Å²) in [7, 11) is 0. The number of hydrogen-bond acceptors (Lipinski definition) is 2. The molecule has 0 aliphatic heterocycles. The lowest BCUT2D eigenvalue weighted by atomic mass is 10.3. The van der Waals surface area contributed by atoms with Crippen LogP contribution in [-0.2, 0) is 6.54 Å². The Morgan fingerprint density at radius 1 is 1.55 bits per heavy atom. The number of nitrogens with one attached hydrogen (secondary N) is 1. The van der Waals surface area contributed by atoms with Gasteiger partial charge in [-0.25, -0.2) is 0 Å². The first kappa shape index (κ1) is 8.01. The van der Waals surface area contributed by atoms with Gasteiger partial charge in [0.05, 0.1) is 0 Å². The molecule has 58 valence electrons. The largest absolute Gasteiger partial charge is 0.339 e. The molecule has 3 nitrogen and oxygen atoms in total. The van der Waals surface area contributed by atoms with Crippen LogP contribution in [0.25, 0.3) is 0 Å². The Morgan fingerprint density at radius 2 is 2.18 bits per heavy atom. The normalized spacial score (nSPS) is 9.18. The molecular weight excluding hydrogens is 164 g/mol. The fourth-order valence-electron chi connectivity index (χ4n) is 0.672. The molecule has 1 rings (SSSR count). The maximum Gasteiger partial charge on any atom is 0.314 e. The van der Waals surface area contributed by atoms with Crippen molar-refractivity contribution in [3.63, 3.8) is 0 Å². The zero-order chi connectivity index (χ0) is 8.10. The molecule has 0 radical (unpaired) electrons. The monoisotopic (exact) mass is 170 g/mol. The molecule has 0 fully saturated rings. The number of hydrogen-bond donors (Lipinski definition) is 1. The minimum atomic E-state index is -0.540. The van der Waals surface area contributed by atoms with Crippen LogP contribution in [0.5, 0.6) is 0 Å². The summed E-state index contributed by atoms with van der Waals surface area (Å²) >= 11 is 5.06. The van der Waals surface area contributed by atoms with Crippen LogP contribution in [0, 0.1) is 0 Å². The summed E-state index contributed by atoms with van der Waals surface area (Å²) in [5, 5.41) is 1.92. The SMILES string of the molecule is O=C(Cl)NCc1ccncc1. The predicted molar refractivity (Wildman–Crippen MR) is 42.3 cm³/mol. The van der Waals surface area contributed by atoms with Gasteiger partial charge in [0, 0.05) is 18.9 Å². The average Bonchev–Trinajstić information content (AvgIpc) is 2.03. The summed E-state index contributed by atoms with van der Waals surface area (Å²) < 4.78 is 0. The van der Waals surface area contributed by atoms with Crippen molar-refractivity contribution in [3.05, 3.63) is 30.1 Å². The van der Waals surface area contributed by atoms with Gasteiger partial charge < -0.3 is 5.32 Å². The van der Waals surface area contributed by atoms with E-state index in [2.05, 4.69) is 10.3 Å². The first-order valence-electron chi connectivity index (χ1n) is 3.11. The number of pyridine rings is 1. The average molecular weight is 171 g/mol. The van der Waals surface area contributed by atoms with E-state index >= 15 is 0 Å². The van der Waals surface area contributed by atoms with Gasteiger partial charge in [0.15, 0.2) is 0 Å². The summed E-state index contributed by atoms with van der Waals surface area (Å²) in [6, 6.07) is 3.62.